The molecule has 0 bridgehead atoms. The molecular weight excluding hydrogens is 661 g/mol. The van der Waals surface area contributed by atoms with Gasteiger partial charge in [0.25, 0.3) is 15.1 Å². The van der Waals surface area contributed by atoms with Crippen molar-refractivity contribution >= 4 is 88.5 Å². The smallest absolute Gasteiger partial charge is 0.283 e. The first-order valence-corrected chi connectivity index (χ1v) is 18.8. The molecule has 0 saturated heterocycles. The molecule has 3 aromatic rings. The number of benzene rings is 2. The Kier molecular flexibility index (Phi) is 11.4. The number of hydrogen-bond acceptors (Lipinski definition) is 10. The molecule has 0 amide bonds. The lowest BCUT2D eigenvalue weighted by molar-refractivity contribution is -0.668. The fourth-order valence-electron chi connectivity index (χ4n) is 4.38. The Hall–Kier alpha value is -1.68. The number of hydroxylamine groups is 1. The van der Waals surface area contributed by atoms with Crippen LogP contribution in [-0.4, -0.2) is 46.0 Å². The van der Waals surface area contributed by atoms with Crippen molar-refractivity contribution in [2.75, 3.05) is 29.5 Å². The van der Waals surface area contributed by atoms with E-state index >= 15 is 0 Å². The number of allylic oxidation sites excluding steroid dienone is 2. The van der Waals surface area contributed by atoms with Crippen LogP contribution in [0.5, 0.6) is 0 Å². The summed E-state index contributed by atoms with van der Waals surface area (Å²) in [6, 6.07) is 11.2. The zero-order valence-corrected chi connectivity index (χ0v) is 27.8. The molecular formula is C27H31Cl2N3O6S4. The van der Waals surface area contributed by atoms with Gasteiger partial charge in [0.05, 0.1) is 26.6 Å². The van der Waals surface area contributed by atoms with Crippen molar-refractivity contribution in [3.63, 3.8) is 0 Å². The highest BCUT2D eigenvalue weighted by molar-refractivity contribution is 8.03. The molecule has 0 unspecified atom stereocenters. The van der Waals surface area contributed by atoms with E-state index in [4.69, 9.17) is 27.5 Å². The molecule has 228 valence electrons. The zero-order valence-electron chi connectivity index (χ0n) is 23.0. The number of aromatic nitrogens is 1. The Balaban J connectivity index is 1.66. The summed E-state index contributed by atoms with van der Waals surface area (Å²) in [5, 5.41) is 2.97. The van der Waals surface area contributed by atoms with Crippen LogP contribution < -0.4 is 14.9 Å². The number of nitrogens with one attached hydrogen (secondary N) is 1. The van der Waals surface area contributed by atoms with E-state index < -0.39 is 26.0 Å². The zero-order chi connectivity index (χ0) is 30.5. The average molecular weight is 693 g/mol. The maximum Gasteiger partial charge on any atom is 0.283 e. The molecule has 42 heavy (non-hydrogen) atoms. The summed E-state index contributed by atoms with van der Waals surface area (Å²) in [4.78, 5) is 3.08. The Morgan fingerprint density at radius 2 is 1.81 bits per heavy atom. The number of rotatable bonds is 14. The molecule has 1 aliphatic heterocycles. The van der Waals surface area contributed by atoms with Gasteiger partial charge in [0.2, 0.25) is 5.52 Å². The topological polar surface area (TPSA) is 120 Å². The van der Waals surface area contributed by atoms with Gasteiger partial charge in [-0.2, -0.15) is 22.7 Å². The lowest BCUT2D eigenvalue weighted by atomic mass is 10.2. The Morgan fingerprint density at radius 3 is 2.52 bits per heavy atom. The van der Waals surface area contributed by atoms with Crippen LogP contribution >= 0.6 is 46.3 Å². The summed E-state index contributed by atoms with van der Waals surface area (Å²) in [5.41, 5.74) is 5.18. The molecule has 2 heterocycles. The quantitative estimate of drug-likeness (QED) is 0.124. The Bertz CT molecular complexity index is 1720. The van der Waals surface area contributed by atoms with Gasteiger partial charge in [0.15, 0.2) is 6.54 Å². The predicted octanol–water partition coefficient (Wildman–Crippen LogP) is 5.94. The van der Waals surface area contributed by atoms with Gasteiger partial charge in [0, 0.05) is 52.3 Å². The summed E-state index contributed by atoms with van der Waals surface area (Å²) < 4.78 is 65.9. The lowest BCUT2D eigenvalue weighted by Gasteiger charge is -2.21. The maximum atomic E-state index is 12.2. The van der Waals surface area contributed by atoms with E-state index in [0.717, 1.165) is 36.4 Å². The molecule has 0 radical (unpaired) electrons. The molecule has 4 rings (SSSR count). The molecule has 1 N–H and O–H groups in total. The number of fused-ring (bicyclic) bond motifs is 2. The van der Waals surface area contributed by atoms with Crippen molar-refractivity contribution < 1.29 is 30.2 Å². The van der Waals surface area contributed by atoms with Crippen LogP contribution in [0.2, 0.25) is 10.0 Å². The van der Waals surface area contributed by atoms with E-state index in [9.17, 15) is 21.4 Å². The van der Waals surface area contributed by atoms with Crippen molar-refractivity contribution in [3.05, 3.63) is 68.1 Å². The average Bonchev–Trinajstić information content (AvgIpc) is 3.43. The summed E-state index contributed by atoms with van der Waals surface area (Å²) in [7, 11) is -8.04. The molecule has 1 aliphatic rings. The van der Waals surface area contributed by atoms with Gasteiger partial charge in [-0.15, -0.1) is 0 Å². The Morgan fingerprint density at radius 1 is 1.07 bits per heavy atom. The van der Waals surface area contributed by atoms with Gasteiger partial charge in [0.1, 0.15) is 4.70 Å². The molecule has 0 fully saturated rings. The highest BCUT2D eigenvalue weighted by Gasteiger charge is 2.27. The number of thiazole rings is 1. The monoisotopic (exact) mass is 691 g/mol. The van der Waals surface area contributed by atoms with Crippen LogP contribution in [0.15, 0.2) is 58.0 Å². The van der Waals surface area contributed by atoms with Crippen molar-refractivity contribution in [1.82, 2.24) is 5.48 Å². The van der Waals surface area contributed by atoms with E-state index in [-0.39, 0.29) is 12.2 Å². The first-order valence-electron chi connectivity index (χ1n) is 13.3. The molecule has 15 heteroatoms. The third kappa shape index (κ3) is 8.93. The van der Waals surface area contributed by atoms with Gasteiger partial charge in [-0.1, -0.05) is 60.1 Å². The number of hydrogen-bond donors (Lipinski definition) is 1. The lowest BCUT2D eigenvalue weighted by Crippen LogP contribution is -2.36. The minimum absolute atomic E-state index is 0.149. The molecule has 0 atom stereocenters. The second kappa shape index (κ2) is 14.4. The standard InChI is InChI=1S/C27H31Cl2N3O6S4/c1-3-19(15-26-31(11-5-13-41(33,34)35)22-17-20(28)7-9-24(22)39-26)16-27-32(12-6-14-42(36,37)38-30-4-2)23-18-21(29)8-10-25(23)40-27/h7-10,15-18,30H,3-6,11-14H2,1-2H3. The first-order chi connectivity index (χ1) is 19.9. The van der Waals surface area contributed by atoms with E-state index in [0.29, 0.717) is 42.5 Å². The van der Waals surface area contributed by atoms with Crippen LogP contribution in [0, 0.1) is 0 Å². The van der Waals surface area contributed by atoms with Crippen molar-refractivity contribution in [2.45, 2.75) is 44.6 Å². The van der Waals surface area contributed by atoms with Crippen molar-refractivity contribution in [3.8, 4) is 0 Å². The third-order valence-electron chi connectivity index (χ3n) is 6.29. The second-order valence-electron chi connectivity index (χ2n) is 9.44. The normalized spacial score (nSPS) is 15.2. The second-order valence-corrected chi connectivity index (χ2v) is 15.6. The van der Waals surface area contributed by atoms with Gasteiger partial charge in [-0.05, 0) is 54.8 Å². The number of aryl methyl sites for hydroxylation is 1. The molecule has 1 aromatic heterocycles. The highest BCUT2D eigenvalue weighted by atomic mass is 35.5. The van der Waals surface area contributed by atoms with Crippen LogP contribution in [-0.2, 0) is 31.1 Å². The minimum atomic E-state index is -4.33. The fraction of sp³-hybridized carbons (Fsp3) is 0.370. The van der Waals surface area contributed by atoms with Crippen LogP contribution in [0.4, 0.5) is 5.69 Å². The molecule has 0 aliphatic carbocycles. The number of halogens is 2. The largest absolute Gasteiger partial charge is 0.748 e. The van der Waals surface area contributed by atoms with Crippen LogP contribution in [0.1, 0.15) is 38.1 Å². The summed E-state index contributed by atoms with van der Waals surface area (Å²) in [6.07, 6.45) is 5.34. The third-order valence-corrected chi connectivity index (χ3v) is 10.9. The van der Waals surface area contributed by atoms with Gasteiger partial charge < -0.3 is 9.45 Å². The Labute approximate surface area is 265 Å². The summed E-state index contributed by atoms with van der Waals surface area (Å²) in [6.45, 7) is 4.94. The number of thioether (sulfide) groups is 1. The van der Waals surface area contributed by atoms with E-state index in [1.165, 1.54) is 0 Å². The van der Waals surface area contributed by atoms with Crippen molar-refractivity contribution in [2.24, 2.45) is 0 Å². The first kappa shape index (κ1) is 33.2. The SMILES string of the molecule is CCNOS(=O)(=O)CCCN1/C(=C\C(=C\c2sc3ccc(Cl)cc3[n+]2CCCS(=O)(=O)[O-])CC)Sc2ccc(Cl)cc21. The van der Waals surface area contributed by atoms with Crippen LogP contribution in [0.25, 0.3) is 16.3 Å². The number of anilines is 1. The summed E-state index contributed by atoms with van der Waals surface area (Å²) in [5.74, 6) is -0.600. The molecule has 2 aromatic carbocycles. The molecule has 0 spiro atoms. The predicted molar refractivity (Wildman–Crippen MR) is 170 cm³/mol. The number of nitrogens with zero attached hydrogens (tertiary/aromatic N) is 2. The van der Waals surface area contributed by atoms with Crippen molar-refractivity contribution in [1.29, 1.82) is 0 Å². The van der Waals surface area contributed by atoms with Gasteiger partial charge >= 0.3 is 0 Å². The van der Waals surface area contributed by atoms with E-state index in [1.807, 2.05) is 47.9 Å². The van der Waals surface area contributed by atoms with Gasteiger partial charge in [-0.25, -0.2) is 8.42 Å². The molecule has 9 nitrogen and oxygen atoms in total. The van der Waals surface area contributed by atoms with E-state index in [2.05, 4.69) is 22.5 Å². The summed E-state index contributed by atoms with van der Waals surface area (Å²) >= 11 is 15.7. The molecule has 0 saturated carbocycles. The van der Waals surface area contributed by atoms with Gasteiger partial charge in [-0.3, -0.25) is 0 Å². The highest BCUT2D eigenvalue weighted by Crippen LogP contribution is 2.47. The van der Waals surface area contributed by atoms with Crippen LogP contribution in [0.3, 0.4) is 0 Å². The van der Waals surface area contributed by atoms with E-state index in [1.54, 1.807) is 30.0 Å². The fourth-order valence-corrected chi connectivity index (χ4v) is 8.35. The maximum absolute atomic E-state index is 12.2. The minimum Gasteiger partial charge on any atom is -0.748 e.